The molecule has 0 spiro atoms. The van der Waals surface area contributed by atoms with Crippen LogP contribution in [0.2, 0.25) is 0 Å². The number of hydrogen-bond acceptors (Lipinski definition) is 5. The summed E-state index contributed by atoms with van der Waals surface area (Å²) in [6, 6.07) is 6.15. The van der Waals surface area contributed by atoms with Crippen molar-refractivity contribution in [1.82, 2.24) is 20.9 Å². The number of fused-ring (bicyclic) bond motifs is 1. The fraction of sp³-hybridized carbons (Fsp3) is 0.407. The molecule has 1 atom stereocenters. The molecular formula is C27H31F2N5O. The van der Waals surface area contributed by atoms with Gasteiger partial charge in [-0.2, -0.15) is 0 Å². The normalized spacial score (nSPS) is 23.5. The molecule has 6 nitrogen and oxygen atoms in total. The third-order valence-electron chi connectivity index (χ3n) is 6.96. The number of hydrogen-bond donors (Lipinski definition) is 3. The van der Waals surface area contributed by atoms with Gasteiger partial charge in [0.25, 0.3) is 0 Å². The number of aliphatic imine (C=N–C) groups is 1. The van der Waals surface area contributed by atoms with Crippen LogP contribution in [0.3, 0.4) is 0 Å². The standard InChI is InChI=1S/C27H31F2N5O/c1-4-21(8-5-16(2)3)31-25-22-12-30-13-23(22)32-24(33-25)17-6-7-18-14-34(15-19(18)9-17)26(35)20-10-27(28,29)11-20/h4-9,20,24,30,32H,2,10-15H2,1,3H3,(H,31,33)/b8-5-,21-4+. The van der Waals surface area contributed by atoms with Gasteiger partial charge in [0.15, 0.2) is 0 Å². The Labute approximate surface area is 204 Å². The van der Waals surface area contributed by atoms with Crippen molar-refractivity contribution < 1.29 is 13.6 Å². The second-order valence-corrected chi connectivity index (χ2v) is 9.82. The molecule has 3 heterocycles. The molecule has 8 heteroatoms. The average molecular weight is 480 g/mol. The number of benzene rings is 1. The number of amidine groups is 1. The van der Waals surface area contributed by atoms with E-state index in [4.69, 9.17) is 4.99 Å². The lowest BCUT2D eigenvalue weighted by Gasteiger charge is -2.36. The van der Waals surface area contributed by atoms with Gasteiger partial charge >= 0.3 is 0 Å². The molecule has 1 aromatic carbocycles. The number of nitrogens with one attached hydrogen (secondary N) is 3. The number of carbonyl (C=O) groups excluding carboxylic acids is 1. The Kier molecular flexibility index (Phi) is 6.09. The predicted octanol–water partition coefficient (Wildman–Crippen LogP) is 4.06. The Balaban J connectivity index is 1.33. The summed E-state index contributed by atoms with van der Waals surface area (Å²) in [5.41, 5.74) is 7.28. The van der Waals surface area contributed by atoms with Gasteiger partial charge in [-0.15, -0.1) is 0 Å². The SMILES string of the molecule is C=C(C)/C=C\C(=C/C)NC1=NC(c2ccc3c(c2)CN(C(=O)C2CC(F)(F)C2)C3)NC2=C1CNC2. The molecule has 1 aliphatic carbocycles. The largest absolute Gasteiger partial charge is 0.362 e. The van der Waals surface area contributed by atoms with Crippen LogP contribution in [0.15, 0.2) is 70.5 Å². The molecule has 35 heavy (non-hydrogen) atoms. The van der Waals surface area contributed by atoms with Crippen molar-refractivity contribution in [1.29, 1.82) is 0 Å². The number of halogens is 2. The van der Waals surface area contributed by atoms with E-state index < -0.39 is 11.8 Å². The van der Waals surface area contributed by atoms with Gasteiger partial charge in [0.1, 0.15) is 12.0 Å². The van der Waals surface area contributed by atoms with Crippen LogP contribution in [-0.4, -0.2) is 35.7 Å². The summed E-state index contributed by atoms with van der Waals surface area (Å²) < 4.78 is 26.5. The highest BCUT2D eigenvalue weighted by Gasteiger charge is 2.50. The van der Waals surface area contributed by atoms with E-state index in [1.165, 1.54) is 0 Å². The minimum atomic E-state index is -2.69. The number of amides is 1. The average Bonchev–Trinajstić information content (AvgIpc) is 3.45. The van der Waals surface area contributed by atoms with Crippen molar-refractivity contribution in [2.24, 2.45) is 10.9 Å². The molecule has 0 radical (unpaired) electrons. The quantitative estimate of drug-likeness (QED) is 0.558. The van der Waals surface area contributed by atoms with Crippen molar-refractivity contribution in [3.8, 4) is 0 Å². The van der Waals surface area contributed by atoms with Gasteiger partial charge in [0.2, 0.25) is 11.8 Å². The van der Waals surface area contributed by atoms with Crippen molar-refractivity contribution >= 4 is 11.7 Å². The van der Waals surface area contributed by atoms with Gasteiger partial charge < -0.3 is 20.9 Å². The fourth-order valence-electron chi connectivity index (χ4n) is 4.97. The minimum Gasteiger partial charge on any atom is -0.362 e. The summed E-state index contributed by atoms with van der Waals surface area (Å²) in [5, 5.41) is 10.4. The molecule has 5 rings (SSSR count). The van der Waals surface area contributed by atoms with Gasteiger partial charge in [-0.25, -0.2) is 13.8 Å². The van der Waals surface area contributed by atoms with Gasteiger partial charge in [0.05, 0.1) is 0 Å². The third-order valence-corrected chi connectivity index (χ3v) is 6.96. The van der Waals surface area contributed by atoms with Crippen molar-refractivity contribution in [2.45, 2.75) is 51.9 Å². The molecule has 0 saturated heterocycles. The summed E-state index contributed by atoms with van der Waals surface area (Å²) in [7, 11) is 0. The number of nitrogens with zero attached hydrogens (tertiary/aromatic N) is 2. The first kappa shape index (κ1) is 23.5. The van der Waals surface area contributed by atoms with E-state index in [0.29, 0.717) is 13.1 Å². The zero-order chi connectivity index (χ0) is 24.7. The zero-order valence-corrected chi connectivity index (χ0v) is 20.1. The molecule has 1 fully saturated rings. The first-order valence-electron chi connectivity index (χ1n) is 12.0. The van der Waals surface area contributed by atoms with Crippen LogP contribution in [-0.2, 0) is 17.9 Å². The Bertz CT molecular complexity index is 1190. The van der Waals surface area contributed by atoms with E-state index in [1.54, 1.807) is 4.90 Å². The number of carbonyl (C=O) groups is 1. The number of rotatable bonds is 5. The summed E-state index contributed by atoms with van der Waals surface area (Å²) >= 11 is 0. The first-order chi connectivity index (χ1) is 16.7. The van der Waals surface area contributed by atoms with E-state index in [2.05, 4.69) is 28.6 Å². The molecule has 0 bridgehead atoms. The molecule has 1 unspecified atom stereocenters. The maximum atomic E-state index is 13.2. The topological polar surface area (TPSA) is 68.8 Å². The predicted molar refractivity (Wildman–Crippen MR) is 132 cm³/mol. The second kappa shape index (κ2) is 9.07. The molecular weight excluding hydrogens is 448 g/mol. The molecule has 1 aromatic rings. The van der Waals surface area contributed by atoms with E-state index in [9.17, 15) is 13.6 Å². The Morgan fingerprint density at radius 3 is 2.71 bits per heavy atom. The maximum Gasteiger partial charge on any atom is 0.249 e. The van der Waals surface area contributed by atoms with Gasteiger partial charge in [-0.05, 0) is 42.7 Å². The molecule has 3 aliphatic heterocycles. The lowest BCUT2D eigenvalue weighted by atomic mass is 9.80. The maximum absolute atomic E-state index is 13.2. The number of alkyl halides is 2. The summed E-state index contributed by atoms with van der Waals surface area (Å²) in [5.74, 6) is -2.58. The Morgan fingerprint density at radius 1 is 1.23 bits per heavy atom. The highest BCUT2D eigenvalue weighted by atomic mass is 19.3. The van der Waals surface area contributed by atoms with E-state index in [1.807, 2.05) is 44.2 Å². The molecule has 4 aliphatic rings. The summed E-state index contributed by atoms with van der Waals surface area (Å²) in [6.45, 7) is 10.3. The monoisotopic (exact) mass is 479 g/mol. The molecule has 1 amide bonds. The summed E-state index contributed by atoms with van der Waals surface area (Å²) in [6.07, 6.45) is 5.02. The van der Waals surface area contributed by atoms with E-state index in [0.717, 1.165) is 58.2 Å². The van der Waals surface area contributed by atoms with E-state index >= 15 is 0 Å². The molecule has 3 N–H and O–H groups in total. The van der Waals surface area contributed by atoms with Crippen LogP contribution in [0.1, 0.15) is 49.5 Å². The van der Waals surface area contributed by atoms with Crippen LogP contribution in [0.5, 0.6) is 0 Å². The number of allylic oxidation sites excluding steroid dienone is 4. The fourth-order valence-corrected chi connectivity index (χ4v) is 4.97. The highest BCUT2D eigenvalue weighted by molar-refractivity contribution is 6.02. The van der Waals surface area contributed by atoms with Gasteiger partial charge in [-0.1, -0.05) is 36.4 Å². The lowest BCUT2D eigenvalue weighted by molar-refractivity contribution is -0.160. The molecule has 0 aromatic heterocycles. The van der Waals surface area contributed by atoms with Crippen LogP contribution in [0.25, 0.3) is 0 Å². The molecule has 184 valence electrons. The smallest absolute Gasteiger partial charge is 0.249 e. The lowest BCUT2D eigenvalue weighted by Crippen LogP contribution is -2.45. The van der Waals surface area contributed by atoms with Crippen LogP contribution >= 0.6 is 0 Å². The van der Waals surface area contributed by atoms with Crippen molar-refractivity contribution in [2.75, 3.05) is 13.1 Å². The Hall–Kier alpha value is -3.26. The van der Waals surface area contributed by atoms with Crippen molar-refractivity contribution in [3.63, 3.8) is 0 Å². The Morgan fingerprint density at radius 2 is 2.00 bits per heavy atom. The highest BCUT2D eigenvalue weighted by Crippen LogP contribution is 2.44. The zero-order valence-electron chi connectivity index (χ0n) is 20.1. The second-order valence-electron chi connectivity index (χ2n) is 9.82. The van der Waals surface area contributed by atoms with Crippen molar-refractivity contribution in [3.05, 3.63) is 82.2 Å². The van der Waals surface area contributed by atoms with Crippen LogP contribution in [0.4, 0.5) is 8.78 Å². The van der Waals surface area contributed by atoms with E-state index in [-0.39, 0.29) is 24.9 Å². The van der Waals surface area contributed by atoms with Crippen LogP contribution < -0.4 is 16.0 Å². The first-order valence-corrected chi connectivity index (χ1v) is 12.0. The molecule has 1 saturated carbocycles. The van der Waals surface area contributed by atoms with Gasteiger partial charge in [0, 0.05) is 61.9 Å². The third kappa shape index (κ3) is 4.80. The summed E-state index contributed by atoms with van der Waals surface area (Å²) in [4.78, 5) is 19.4. The van der Waals surface area contributed by atoms with Gasteiger partial charge in [-0.3, -0.25) is 4.79 Å². The van der Waals surface area contributed by atoms with Crippen LogP contribution in [0, 0.1) is 5.92 Å². The minimum absolute atomic E-state index is 0.164.